The summed E-state index contributed by atoms with van der Waals surface area (Å²) in [6.07, 6.45) is 24.2. The maximum absolute atomic E-state index is 17.3. The Balaban J connectivity index is 0.837. The number of nitrogens with one attached hydrogen (secondary N) is 1. The Bertz CT molecular complexity index is 3060. The van der Waals surface area contributed by atoms with Gasteiger partial charge in [-0.2, -0.15) is 0 Å². The molecule has 1 aromatic heterocycles. The van der Waals surface area contributed by atoms with Crippen LogP contribution in [0.1, 0.15) is 166 Å². The van der Waals surface area contributed by atoms with Gasteiger partial charge >= 0.3 is 11.9 Å². The number of furan rings is 1. The number of benzene rings is 1. The molecule has 8 aliphatic carbocycles. The van der Waals surface area contributed by atoms with E-state index in [1.165, 1.54) is 43.2 Å². The molecule has 8 heterocycles. The van der Waals surface area contributed by atoms with E-state index >= 15 is 14.4 Å². The van der Waals surface area contributed by atoms with E-state index in [0.717, 1.165) is 109 Å². The molecule has 0 amide bonds. The third-order valence-electron chi connectivity index (χ3n) is 28.7. The average Bonchev–Trinajstić information content (AvgIpc) is 1.40. The first-order valence-corrected chi connectivity index (χ1v) is 33.9. The Hall–Kier alpha value is -3.85. The molecule has 84 heavy (non-hydrogen) atoms. The smallest absolute Gasteiger partial charge is 0.339 e. The maximum Gasteiger partial charge on any atom is 0.339 e. The van der Waals surface area contributed by atoms with Gasteiger partial charge in [-0.25, -0.2) is 4.79 Å². The maximum atomic E-state index is 17.3. The summed E-state index contributed by atoms with van der Waals surface area (Å²) in [6, 6.07) is 13.2. The Morgan fingerprint density at radius 3 is 2.54 bits per heavy atom. The highest BCUT2D eigenvalue weighted by molar-refractivity contribution is 5.94. The van der Waals surface area contributed by atoms with Gasteiger partial charge in [0.15, 0.2) is 11.9 Å². The van der Waals surface area contributed by atoms with E-state index in [-0.39, 0.29) is 66.4 Å². The summed E-state index contributed by atoms with van der Waals surface area (Å²) in [5.74, 6) is -0.244. The number of aliphatic hydroxyl groups is 3. The van der Waals surface area contributed by atoms with E-state index in [2.05, 4.69) is 79.7 Å². The first-order valence-electron chi connectivity index (χ1n) is 33.9. The first-order chi connectivity index (χ1) is 40.7. The SMILES string of the molecule is C[C@H](C[C@@H]1C=C2C[C@H]3CCC[C@]34C[C@@H]3C[C@@]5(C)[C@H](c6ccoc6C[C@@H]([C@H]6CC[C@H]7[C@H](C=CN8CNC[C@@H]78)C6)[C@H](O)CO)OC(=O)[C@H]6O[C@]65[C@]5([C@H]6CCC[C@@H](Cc7ccccc7)C6)[C@H](O)C(=O)[C@@H]6[C@@]1(C)O[C@]21[C@H]4C(=O)OC[C@@]61[C@@H]35)C1CCCCC1. The molecular formula is C71H92N2O11. The number of Topliss-reactive ketones (excluding diaryl/α,β-unsaturated/α-hetero) is 1. The number of nitrogens with zero attached hydrogens (tertiary/aromatic N) is 1. The van der Waals surface area contributed by atoms with Crippen molar-refractivity contribution < 1.29 is 53.1 Å². The highest BCUT2D eigenvalue weighted by Crippen LogP contribution is 2.90. The number of fused-ring (bicyclic) bond motifs is 5. The quantitative estimate of drug-likeness (QED) is 0.0897. The van der Waals surface area contributed by atoms with Crippen molar-refractivity contribution in [2.45, 2.75) is 203 Å². The van der Waals surface area contributed by atoms with Gasteiger partial charge in [0.1, 0.15) is 35.8 Å². The van der Waals surface area contributed by atoms with Gasteiger partial charge in [-0.15, -0.1) is 0 Å². The fourth-order valence-corrected chi connectivity index (χ4v) is 26.0. The van der Waals surface area contributed by atoms with E-state index in [9.17, 15) is 15.3 Å². The summed E-state index contributed by atoms with van der Waals surface area (Å²) in [4.78, 5) is 51.1. The molecule has 4 spiro atoms. The monoisotopic (exact) mass is 1150 g/mol. The van der Waals surface area contributed by atoms with Gasteiger partial charge in [0, 0.05) is 41.3 Å². The lowest BCUT2D eigenvalue weighted by Gasteiger charge is -2.72. The topological polar surface area (TPSA) is 181 Å². The highest BCUT2D eigenvalue weighted by atomic mass is 16.7. The molecule has 1 aromatic carbocycles. The fourth-order valence-electron chi connectivity index (χ4n) is 26.0. The lowest BCUT2D eigenvalue weighted by atomic mass is 9.29. The summed E-state index contributed by atoms with van der Waals surface area (Å²) in [5.41, 5.74) is -4.03. The van der Waals surface area contributed by atoms with Crippen LogP contribution in [0.2, 0.25) is 0 Å². The molecule has 452 valence electrons. The highest BCUT2D eigenvalue weighted by Gasteiger charge is 2.98. The van der Waals surface area contributed by atoms with Crippen LogP contribution in [-0.4, -0.2) is 106 Å². The van der Waals surface area contributed by atoms with Crippen molar-refractivity contribution in [3.05, 3.63) is 83.5 Å². The summed E-state index contributed by atoms with van der Waals surface area (Å²) in [5, 5.41) is 41.0. The first kappa shape index (κ1) is 54.3. The number of carbonyl (C=O) groups excluding carboxylic acids is 3. The van der Waals surface area contributed by atoms with Crippen molar-refractivity contribution >= 4 is 17.7 Å². The third-order valence-corrected chi connectivity index (χ3v) is 28.7. The third kappa shape index (κ3) is 6.72. The molecule has 15 aliphatic rings. The molecule has 4 N–H and O–H groups in total. The van der Waals surface area contributed by atoms with Crippen LogP contribution in [0.15, 0.2) is 71.0 Å². The normalized spacial score (nSPS) is 50.1. The van der Waals surface area contributed by atoms with E-state index in [4.69, 9.17) is 23.4 Å². The zero-order valence-electron chi connectivity index (χ0n) is 50.0. The second-order valence-electron chi connectivity index (χ2n) is 31.6. The summed E-state index contributed by atoms with van der Waals surface area (Å²) < 4.78 is 36.6. The lowest BCUT2D eigenvalue weighted by molar-refractivity contribution is -0.300. The molecule has 25 atom stereocenters. The van der Waals surface area contributed by atoms with Gasteiger partial charge in [0.05, 0.1) is 48.5 Å². The number of hydrogen-bond donors (Lipinski definition) is 4. The van der Waals surface area contributed by atoms with Gasteiger partial charge in [-0.05, 0) is 178 Å². The van der Waals surface area contributed by atoms with Crippen LogP contribution in [0.25, 0.3) is 0 Å². The van der Waals surface area contributed by atoms with Crippen LogP contribution in [0, 0.1) is 105 Å². The zero-order valence-corrected chi connectivity index (χ0v) is 50.0. The number of allylic oxidation sites excluding steroid dienone is 1. The molecule has 13 nitrogen and oxygen atoms in total. The second kappa shape index (κ2) is 18.8. The minimum absolute atomic E-state index is 0.0489. The number of ketones is 1. The van der Waals surface area contributed by atoms with Crippen molar-refractivity contribution in [3.8, 4) is 0 Å². The zero-order chi connectivity index (χ0) is 57.1. The molecule has 5 saturated heterocycles. The molecular weight excluding hydrogens is 1060 g/mol. The van der Waals surface area contributed by atoms with Crippen LogP contribution in [-0.2, 0) is 46.2 Å². The number of aliphatic hydroxyl groups excluding tert-OH is 3. The fraction of sp³-hybridized carbons (Fsp3) is 0.761. The number of esters is 2. The van der Waals surface area contributed by atoms with E-state index in [1.807, 2.05) is 6.07 Å². The summed E-state index contributed by atoms with van der Waals surface area (Å²) >= 11 is 0. The average molecular weight is 1150 g/mol. The number of epoxide rings is 1. The van der Waals surface area contributed by atoms with Crippen molar-refractivity contribution in [1.29, 1.82) is 0 Å². The van der Waals surface area contributed by atoms with Crippen LogP contribution in [0.4, 0.5) is 0 Å². The van der Waals surface area contributed by atoms with Gasteiger partial charge in [0.2, 0.25) is 0 Å². The second-order valence-corrected chi connectivity index (χ2v) is 31.6. The largest absolute Gasteiger partial charge is 0.469 e. The molecule has 13 fully saturated rings. The van der Waals surface area contributed by atoms with E-state index in [1.54, 1.807) is 6.26 Å². The minimum atomic E-state index is -1.50. The predicted molar refractivity (Wildman–Crippen MR) is 310 cm³/mol. The Kier molecular flexibility index (Phi) is 12.2. The molecule has 0 radical (unpaired) electrons. The summed E-state index contributed by atoms with van der Waals surface area (Å²) in [6.45, 7) is 8.44. The Morgan fingerprint density at radius 2 is 1.70 bits per heavy atom. The number of carbonyl (C=O) groups is 3. The molecule has 13 heteroatoms. The molecule has 8 saturated carbocycles. The van der Waals surface area contributed by atoms with Crippen molar-refractivity contribution in [3.63, 3.8) is 0 Å². The number of ether oxygens (including phenoxy) is 4. The van der Waals surface area contributed by atoms with Crippen molar-refractivity contribution in [2.75, 3.05) is 26.4 Å². The molecule has 2 aromatic rings. The Labute approximate surface area is 496 Å². The van der Waals surface area contributed by atoms with Crippen molar-refractivity contribution in [2.24, 2.45) is 105 Å². The van der Waals surface area contributed by atoms with Crippen LogP contribution >= 0.6 is 0 Å². The number of hydrogen-bond acceptors (Lipinski definition) is 13. The van der Waals surface area contributed by atoms with Gasteiger partial charge in [-0.1, -0.05) is 108 Å². The standard InChI is InChI=1S/C71H92N2O11/c1-39(42-15-8-5-9-16-42)26-48-31-49-30-46-18-11-23-67(46)34-45-33-65(2)61(51-22-25-80-55(51)32-52(54(75)36-74)43-19-20-50-44(29-43)21-24-73-38-72-35-53(50)73)82-64(79)62-71(65,83-62)69(47-17-10-14-41(28-47)27-40-12-6-4-7-13-40)57(45)68-37-81-63(78)59(67)70(49,68)84-66(48,3)58(68)56(76)60(69)77/h4,6-7,12-13,21-22,24-25,31,39,41-48,50,52-54,57-62,72,74-75,77H,5,8-11,14-20,23,26-30,32-38H2,1-3H3/t39-,41+,43+,44-,45+,46-,47+,48-,50+,52+,53+,54-,57-,58-,59+,60-,61+,62-,65+,66+,67+,68-,69+,70+,71-/m1/s1. The summed E-state index contributed by atoms with van der Waals surface area (Å²) in [7, 11) is 0. The molecule has 7 aliphatic heterocycles. The van der Waals surface area contributed by atoms with E-state index < -0.39 is 86.6 Å². The van der Waals surface area contributed by atoms with Gasteiger partial charge < -0.3 is 43.6 Å². The van der Waals surface area contributed by atoms with Crippen LogP contribution in [0.3, 0.4) is 0 Å². The van der Waals surface area contributed by atoms with Gasteiger partial charge in [-0.3, -0.25) is 14.9 Å². The van der Waals surface area contributed by atoms with Crippen LogP contribution < -0.4 is 5.32 Å². The van der Waals surface area contributed by atoms with E-state index in [0.29, 0.717) is 48.3 Å². The number of rotatable bonds is 12. The van der Waals surface area contributed by atoms with Crippen molar-refractivity contribution in [1.82, 2.24) is 10.2 Å². The lowest BCUT2D eigenvalue weighted by Crippen LogP contribution is -2.82. The minimum Gasteiger partial charge on any atom is -0.469 e. The predicted octanol–water partition coefficient (Wildman–Crippen LogP) is 10.00. The Morgan fingerprint density at radius 1 is 0.869 bits per heavy atom. The molecule has 0 unspecified atom stereocenters. The molecule has 5 bridgehead atoms. The molecule has 17 rings (SSSR count). The van der Waals surface area contributed by atoms with Crippen LogP contribution in [0.5, 0.6) is 0 Å². The number of cyclic esters (lactones) is 2. The van der Waals surface area contributed by atoms with Gasteiger partial charge in [0.25, 0.3) is 0 Å².